The average molecular weight is 251 g/mol. The van der Waals surface area contributed by atoms with Gasteiger partial charge in [-0.25, -0.2) is 4.39 Å². The predicted octanol–water partition coefficient (Wildman–Crippen LogP) is 2.87. The number of aryl methyl sites for hydroxylation is 1. The summed E-state index contributed by atoms with van der Waals surface area (Å²) in [7, 11) is 0. The van der Waals surface area contributed by atoms with Crippen molar-refractivity contribution in [1.82, 2.24) is 4.90 Å². The minimum absolute atomic E-state index is 0.161. The van der Waals surface area contributed by atoms with Gasteiger partial charge in [0.05, 0.1) is 0 Å². The Morgan fingerprint density at radius 3 is 2.78 bits per heavy atom. The second-order valence-electron chi connectivity index (χ2n) is 5.20. The topological polar surface area (TPSA) is 23.5 Å². The van der Waals surface area contributed by atoms with Gasteiger partial charge in [-0.15, -0.1) is 0 Å². The van der Waals surface area contributed by atoms with Crippen LogP contribution >= 0.6 is 0 Å². The van der Waals surface area contributed by atoms with Gasteiger partial charge < -0.3 is 5.11 Å². The van der Waals surface area contributed by atoms with Gasteiger partial charge in [0, 0.05) is 25.7 Å². The van der Waals surface area contributed by atoms with E-state index < -0.39 is 0 Å². The van der Waals surface area contributed by atoms with Crippen molar-refractivity contribution in [2.75, 3.05) is 13.2 Å². The van der Waals surface area contributed by atoms with Gasteiger partial charge in [0.2, 0.25) is 0 Å². The van der Waals surface area contributed by atoms with Crippen LogP contribution in [0.2, 0.25) is 0 Å². The highest BCUT2D eigenvalue weighted by Crippen LogP contribution is 2.27. The summed E-state index contributed by atoms with van der Waals surface area (Å²) >= 11 is 0. The van der Waals surface area contributed by atoms with E-state index >= 15 is 0 Å². The molecule has 0 atom stereocenters. The van der Waals surface area contributed by atoms with Gasteiger partial charge in [-0.05, 0) is 49.4 Å². The Hall–Kier alpha value is -0.930. The van der Waals surface area contributed by atoms with Crippen LogP contribution in [0.3, 0.4) is 0 Å². The molecular weight excluding hydrogens is 229 g/mol. The fraction of sp³-hybridized carbons (Fsp3) is 0.600. The zero-order chi connectivity index (χ0) is 13.0. The molecule has 3 heteroatoms. The van der Waals surface area contributed by atoms with Crippen LogP contribution in [0.4, 0.5) is 4.39 Å². The maximum absolute atomic E-state index is 13.3. The van der Waals surface area contributed by atoms with Crippen LogP contribution in [0.15, 0.2) is 18.2 Å². The Morgan fingerprint density at radius 2 is 2.17 bits per heavy atom. The van der Waals surface area contributed by atoms with Crippen LogP contribution in [-0.4, -0.2) is 29.2 Å². The van der Waals surface area contributed by atoms with E-state index in [-0.39, 0.29) is 12.4 Å². The third-order valence-electron chi connectivity index (χ3n) is 3.88. The first-order chi connectivity index (χ1) is 8.70. The molecule has 18 heavy (non-hydrogen) atoms. The molecule has 1 aliphatic carbocycles. The normalized spacial score (nSPS) is 16.0. The predicted molar refractivity (Wildman–Crippen MR) is 70.9 cm³/mol. The van der Waals surface area contributed by atoms with Crippen molar-refractivity contribution in [3.63, 3.8) is 0 Å². The Labute approximate surface area is 108 Å². The van der Waals surface area contributed by atoms with E-state index in [0.717, 1.165) is 30.6 Å². The molecule has 0 amide bonds. The number of halogens is 1. The van der Waals surface area contributed by atoms with Crippen molar-refractivity contribution in [1.29, 1.82) is 0 Å². The Morgan fingerprint density at radius 1 is 1.39 bits per heavy atom. The molecule has 0 heterocycles. The SMILES string of the molecule is Cc1ccc(F)cc1CN(CCCO)C1CCC1. The molecule has 0 spiro atoms. The minimum Gasteiger partial charge on any atom is -0.396 e. The summed E-state index contributed by atoms with van der Waals surface area (Å²) in [6.45, 7) is 3.95. The largest absolute Gasteiger partial charge is 0.396 e. The van der Waals surface area contributed by atoms with Crippen LogP contribution in [0.25, 0.3) is 0 Å². The third kappa shape index (κ3) is 3.30. The second kappa shape index (κ2) is 6.30. The molecular formula is C15H22FNO. The molecule has 1 aliphatic rings. The Bertz CT molecular complexity index is 390. The second-order valence-corrected chi connectivity index (χ2v) is 5.20. The third-order valence-corrected chi connectivity index (χ3v) is 3.88. The lowest BCUT2D eigenvalue weighted by molar-refractivity contribution is 0.109. The molecule has 1 aromatic rings. The lowest BCUT2D eigenvalue weighted by Gasteiger charge is -2.38. The number of rotatable bonds is 6. The van der Waals surface area contributed by atoms with E-state index in [1.807, 2.05) is 13.0 Å². The molecule has 0 aromatic heterocycles. The van der Waals surface area contributed by atoms with E-state index in [0.29, 0.717) is 6.04 Å². The fourth-order valence-electron chi connectivity index (χ4n) is 2.45. The molecule has 1 N–H and O–H groups in total. The van der Waals surface area contributed by atoms with Crippen molar-refractivity contribution in [2.45, 2.75) is 45.2 Å². The summed E-state index contributed by atoms with van der Waals surface area (Å²) in [6, 6.07) is 5.62. The monoisotopic (exact) mass is 251 g/mol. The zero-order valence-corrected chi connectivity index (χ0v) is 11.0. The first-order valence-electron chi connectivity index (χ1n) is 6.80. The highest BCUT2D eigenvalue weighted by molar-refractivity contribution is 5.26. The number of benzene rings is 1. The maximum atomic E-state index is 13.3. The highest BCUT2D eigenvalue weighted by atomic mass is 19.1. The Kier molecular flexibility index (Phi) is 4.72. The zero-order valence-electron chi connectivity index (χ0n) is 11.0. The average Bonchev–Trinajstić information content (AvgIpc) is 2.28. The standard InChI is InChI=1S/C15H22FNO/c1-12-6-7-14(16)10-13(12)11-17(8-3-9-18)15-4-2-5-15/h6-7,10,15,18H,2-5,8-9,11H2,1H3. The van der Waals surface area contributed by atoms with Gasteiger partial charge >= 0.3 is 0 Å². The molecule has 100 valence electrons. The fourth-order valence-corrected chi connectivity index (χ4v) is 2.45. The van der Waals surface area contributed by atoms with Gasteiger partial charge in [0.25, 0.3) is 0 Å². The number of hydrogen-bond donors (Lipinski definition) is 1. The minimum atomic E-state index is -0.161. The smallest absolute Gasteiger partial charge is 0.123 e. The van der Waals surface area contributed by atoms with Gasteiger partial charge in [0.1, 0.15) is 5.82 Å². The van der Waals surface area contributed by atoms with Crippen molar-refractivity contribution >= 4 is 0 Å². The molecule has 0 radical (unpaired) electrons. The lowest BCUT2D eigenvalue weighted by Crippen LogP contribution is -2.40. The molecule has 1 fully saturated rings. The maximum Gasteiger partial charge on any atom is 0.123 e. The first kappa shape index (κ1) is 13.5. The number of nitrogens with zero attached hydrogens (tertiary/aromatic N) is 1. The quantitative estimate of drug-likeness (QED) is 0.840. The molecule has 0 bridgehead atoms. The van der Waals surface area contributed by atoms with Gasteiger partial charge in [0.15, 0.2) is 0 Å². The van der Waals surface area contributed by atoms with Gasteiger partial charge in [-0.3, -0.25) is 4.90 Å². The van der Waals surface area contributed by atoms with Crippen LogP contribution in [0.5, 0.6) is 0 Å². The summed E-state index contributed by atoms with van der Waals surface area (Å²) in [5.41, 5.74) is 2.21. The Balaban J connectivity index is 2.04. The molecule has 0 saturated heterocycles. The van der Waals surface area contributed by atoms with E-state index in [1.165, 1.54) is 25.3 Å². The first-order valence-corrected chi connectivity index (χ1v) is 6.80. The summed E-state index contributed by atoms with van der Waals surface area (Å²) in [5, 5.41) is 8.97. The highest BCUT2D eigenvalue weighted by Gasteiger charge is 2.24. The van der Waals surface area contributed by atoms with Crippen molar-refractivity contribution in [3.05, 3.63) is 35.1 Å². The summed E-state index contributed by atoms with van der Waals surface area (Å²) in [4.78, 5) is 2.39. The molecule has 0 unspecified atom stereocenters. The lowest BCUT2D eigenvalue weighted by atomic mass is 9.90. The molecule has 1 saturated carbocycles. The van der Waals surface area contributed by atoms with E-state index in [2.05, 4.69) is 4.90 Å². The van der Waals surface area contributed by atoms with Gasteiger partial charge in [-0.1, -0.05) is 12.5 Å². The van der Waals surface area contributed by atoms with E-state index in [1.54, 1.807) is 6.07 Å². The van der Waals surface area contributed by atoms with Crippen LogP contribution in [0, 0.1) is 12.7 Å². The van der Waals surface area contributed by atoms with E-state index in [9.17, 15) is 4.39 Å². The van der Waals surface area contributed by atoms with Crippen molar-refractivity contribution in [2.24, 2.45) is 0 Å². The number of aliphatic hydroxyl groups is 1. The number of hydrogen-bond acceptors (Lipinski definition) is 2. The molecule has 1 aromatic carbocycles. The van der Waals surface area contributed by atoms with Crippen molar-refractivity contribution < 1.29 is 9.50 Å². The summed E-state index contributed by atoms with van der Waals surface area (Å²) in [6.07, 6.45) is 4.56. The van der Waals surface area contributed by atoms with E-state index in [4.69, 9.17) is 5.11 Å². The van der Waals surface area contributed by atoms with Crippen LogP contribution in [-0.2, 0) is 6.54 Å². The summed E-state index contributed by atoms with van der Waals surface area (Å²) in [5.74, 6) is -0.161. The summed E-state index contributed by atoms with van der Waals surface area (Å²) < 4.78 is 13.3. The van der Waals surface area contributed by atoms with Gasteiger partial charge in [-0.2, -0.15) is 0 Å². The molecule has 2 rings (SSSR count). The van der Waals surface area contributed by atoms with Crippen molar-refractivity contribution in [3.8, 4) is 0 Å². The van der Waals surface area contributed by atoms with Crippen LogP contribution in [0.1, 0.15) is 36.8 Å². The molecule has 2 nitrogen and oxygen atoms in total. The van der Waals surface area contributed by atoms with Crippen LogP contribution < -0.4 is 0 Å². The number of aliphatic hydroxyl groups excluding tert-OH is 1. The molecule has 0 aliphatic heterocycles.